The molecule has 106 valence electrons. The second-order valence-corrected chi connectivity index (χ2v) is 4.80. The molecule has 0 aromatic heterocycles. The van der Waals surface area contributed by atoms with E-state index in [0.717, 1.165) is 17.7 Å². The van der Waals surface area contributed by atoms with Crippen LogP contribution in [-0.4, -0.2) is 42.3 Å². The molecule has 0 bridgehead atoms. The van der Waals surface area contributed by atoms with E-state index in [1.165, 1.54) is 0 Å². The van der Waals surface area contributed by atoms with Crippen LogP contribution in [0, 0.1) is 11.8 Å². The Morgan fingerprint density at radius 2 is 1.89 bits per heavy atom. The van der Waals surface area contributed by atoms with Crippen LogP contribution in [0.4, 0.5) is 17.6 Å². The zero-order chi connectivity index (χ0) is 12.8. The fourth-order valence-corrected chi connectivity index (χ4v) is 2.78. The van der Waals surface area contributed by atoms with Crippen LogP contribution in [-0.2, 0) is 4.79 Å². The molecule has 1 saturated carbocycles. The molecule has 18 heavy (non-hydrogen) atoms. The number of hydrogen-bond acceptors (Lipinski definition) is 2. The smallest absolute Gasteiger partial charge is 0.337 e. The topological polar surface area (TPSA) is 46.3 Å². The minimum Gasteiger partial charge on any atom is -0.337 e. The van der Waals surface area contributed by atoms with Crippen molar-refractivity contribution in [1.29, 1.82) is 0 Å². The Kier molecular flexibility index (Phi) is 4.48. The minimum atomic E-state index is -4.58. The number of amides is 1. The number of likely N-dealkylation sites (tertiary alicyclic amines) is 1. The largest absolute Gasteiger partial charge is 0.383 e. The van der Waals surface area contributed by atoms with Gasteiger partial charge in [-0.2, -0.15) is 8.78 Å². The molecule has 1 aliphatic carbocycles. The molecule has 0 aromatic carbocycles. The van der Waals surface area contributed by atoms with Gasteiger partial charge in [0.2, 0.25) is 0 Å². The summed E-state index contributed by atoms with van der Waals surface area (Å²) in [6.07, 6.45) is -2.37. The van der Waals surface area contributed by atoms with Gasteiger partial charge in [0.15, 0.2) is 0 Å². The zero-order valence-corrected chi connectivity index (χ0v) is 10.3. The van der Waals surface area contributed by atoms with Crippen molar-refractivity contribution in [2.24, 2.45) is 17.6 Å². The summed E-state index contributed by atoms with van der Waals surface area (Å²) < 4.78 is 49.9. The lowest BCUT2D eigenvalue weighted by Gasteiger charge is -2.23. The highest BCUT2D eigenvalue weighted by molar-refractivity contribution is 5.85. The minimum absolute atomic E-state index is 0. The van der Waals surface area contributed by atoms with Gasteiger partial charge in [0.1, 0.15) is 0 Å². The summed E-state index contributed by atoms with van der Waals surface area (Å²) in [4.78, 5) is 12.1. The molecular weight excluding hydrogens is 276 g/mol. The third-order valence-electron chi connectivity index (χ3n) is 3.76. The Labute approximate surface area is 108 Å². The summed E-state index contributed by atoms with van der Waals surface area (Å²) in [5, 5.41) is 0. The summed E-state index contributed by atoms with van der Waals surface area (Å²) in [7, 11) is 0. The summed E-state index contributed by atoms with van der Waals surface area (Å²) in [6, 6.07) is -0.113. The number of rotatable bonds is 2. The maximum absolute atomic E-state index is 12.9. The molecule has 2 fully saturated rings. The van der Waals surface area contributed by atoms with Crippen molar-refractivity contribution in [3.8, 4) is 0 Å². The molecule has 8 heteroatoms. The lowest BCUT2D eigenvalue weighted by Crippen LogP contribution is -2.47. The predicted octanol–water partition coefficient (Wildman–Crippen LogP) is 1.50. The predicted molar refractivity (Wildman–Crippen MR) is 59.0 cm³/mol. The molecule has 0 aromatic rings. The van der Waals surface area contributed by atoms with Crippen LogP contribution < -0.4 is 5.73 Å². The second kappa shape index (κ2) is 5.21. The maximum atomic E-state index is 12.9. The third kappa shape index (κ3) is 2.42. The Morgan fingerprint density at radius 1 is 1.28 bits per heavy atom. The normalized spacial score (nSPS) is 31.4. The van der Waals surface area contributed by atoms with Crippen LogP contribution in [0.2, 0.25) is 0 Å². The van der Waals surface area contributed by atoms with E-state index in [1.807, 2.05) is 0 Å². The molecule has 3 unspecified atom stereocenters. The third-order valence-corrected chi connectivity index (χ3v) is 3.76. The van der Waals surface area contributed by atoms with Crippen LogP contribution >= 0.6 is 12.4 Å². The molecule has 2 aliphatic rings. The van der Waals surface area contributed by atoms with Gasteiger partial charge in [0, 0.05) is 19.1 Å². The van der Waals surface area contributed by atoms with Crippen molar-refractivity contribution < 1.29 is 22.4 Å². The van der Waals surface area contributed by atoms with Gasteiger partial charge < -0.3 is 10.6 Å². The fraction of sp³-hybridized carbons (Fsp3) is 0.900. The maximum Gasteiger partial charge on any atom is 0.383 e. The quantitative estimate of drug-likeness (QED) is 0.784. The van der Waals surface area contributed by atoms with Crippen LogP contribution in [0.3, 0.4) is 0 Å². The van der Waals surface area contributed by atoms with E-state index in [1.54, 1.807) is 0 Å². The van der Waals surface area contributed by atoms with Crippen molar-refractivity contribution in [2.45, 2.75) is 31.2 Å². The zero-order valence-electron chi connectivity index (χ0n) is 9.49. The van der Waals surface area contributed by atoms with Crippen LogP contribution in [0.1, 0.15) is 12.8 Å². The number of nitrogens with two attached hydrogens (primary N) is 1. The molecule has 0 spiro atoms. The number of alkyl halides is 4. The van der Waals surface area contributed by atoms with Crippen LogP contribution in [0.25, 0.3) is 0 Å². The summed E-state index contributed by atoms with van der Waals surface area (Å²) in [5.74, 6) is -6.29. The molecular formula is C10H15ClF4N2O. The molecule has 1 saturated heterocycles. The lowest BCUT2D eigenvalue weighted by atomic mass is 9.98. The van der Waals surface area contributed by atoms with Crippen molar-refractivity contribution in [3.63, 3.8) is 0 Å². The van der Waals surface area contributed by atoms with Gasteiger partial charge in [0.25, 0.3) is 5.91 Å². The number of hydrogen-bond donors (Lipinski definition) is 1. The highest BCUT2D eigenvalue weighted by Gasteiger charge is 2.54. The van der Waals surface area contributed by atoms with Crippen molar-refractivity contribution in [3.05, 3.63) is 0 Å². The van der Waals surface area contributed by atoms with Crippen LogP contribution in [0.15, 0.2) is 0 Å². The number of carbonyl (C=O) groups is 1. The molecule has 1 amide bonds. The first-order valence-electron chi connectivity index (χ1n) is 5.55. The molecule has 2 N–H and O–H groups in total. The van der Waals surface area contributed by atoms with Gasteiger partial charge in [-0.1, -0.05) is 0 Å². The standard InChI is InChI=1S/C10H14F4N2O.ClH/c11-8(12)10(13,14)9(17)16-3-5-1-2-7(15)6(5)4-16;/h5-8H,1-4,15H2;1H. The number of carbonyl (C=O) groups excluding carboxylic acids is 1. The van der Waals surface area contributed by atoms with Gasteiger partial charge in [-0.15, -0.1) is 12.4 Å². The first-order chi connectivity index (χ1) is 7.84. The number of halogens is 5. The SMILES string of the molecule is Cl.NC1CCC2CN(C(=O)C(F)(F)C(F)F)CC12. The summed E-state index contributed by atoms with van der Waals surface area (Å²) >= 11 is 0. The van der Waals surface area contributed by atoms with Gasteiger partial charge in [0.05, 0.1) is 0 Å². The van der Waals surface area contributed by atoms with Crippen molar-refractivity contribution in [2.75, 3.05) is 13.1 Å². The van der Waals surface area contributed by atoms with Crippen molar-refractivity contribution in [1.82, 2.24) is 4.90 Å². The molecule has 0 radical (unpaired) electrons. The van der Waals surface area contributed by atoms with E-state index < -0.39 is 18.3 Å². The van der Waals surface area contributed by atoms with Crippen molar-refractivity contribution >= 4 is 18.3 Å². The Balaban J connectivity index is 0.00000162. The van der Waals surface area contributed by atoms with E-state index in [2.05, 4.69) is 0 Å². The van der Waals surface area contributed by atoms with Gasteiger partial charge >= 0.3 is 12.3 Å². The lowest BCUT2D eigenvalue weighted by molar-refractivity contribution is -0.179. The first-order valence-corrected chi connectivity index (χ1v) is 5.55. The fourth-order valence-electron chi connectivity index (χ4n) is 2.78. The molecule has 1 aliphatic heterocycles. The van der Waals surface area contributed by atoms with Crippen LogP contribution in [0.5, 0.6) is 0 Å². The first kappa shape index (κ1) is 15.5. The average molecular weight is 291 g/mol. The van der Waals surface area contributed by atoms with E-state index >= 15 is 0 Å². The van der Waals surface area contributed by atoms with E-state index in [-0.39, 0.29) is 43.4 Å². The van der Waals surface area contributed by atoms with E-state index in [9.17, 15) is 22.4 Å². The number of nitrogens with zero attached hydrogens (tertiary/aromatic N) is 1. The Hall–Kier alpha value is -0.560. The Bertz CT molecular complexity index is 329. The summed E-state index contributed by atoms with van der Waals surface area (Å²) in [6.45, 7) is 0.201. The second-order valence-electron chi connectivity index (χ2n) is 4.80. The summed E-state index contributed by atoms with van der Waals surface area (Å²) in [5.41, 5.74) is 5.78. The molecule has 3 nitrogen and oxygen atoms in total. The molecule has 3 atom stereocenters. The molecule has 2 rings (SSSR count). The highest BCUT2D eigenvalue weighted by atomic mass is 35.5. The highest BCUT2D eigenvalue weighted by Crippen LogP contribution is 2.39. The average Bonchev–Trinajstić information content (AvgIpc) is 2.80. The Morgan fingerprint density at radius 3 is 2.39 bits per heavy atom. The monoisotopic (exact) mass is 290 g/mol. The van der Waals surface area contributed by atoms with E-state index in [4.69, 9.17) is 5.73 Å². The molecule has 1 heterocycles. The van der Waals surface area contributed by atoms with E-state index in [0.29, 0.717) is 0 Å². The van der Waals surface area contributed by atoms with Gasteiger partial charge in [-0.05, 0) is 24.7 Å². The van der Waals surface area contributed by atoms with Gasteiger partial charge in [-0.25, -0.2) is 8.78 Å². The van der Waals surface area contributed by atoms with Gasteiger partial charge in [-0.3, -0.25) is 4.79 Å². The number of fused-ring (bicyclic) bond motifs is 1.